The maximum atomic E-state index is 6.21. The molecule has 4 aromatic rings. The molecule has 0 saturated carbocycles. The van der Waals surface area contributed by atoms with Crippen LogP contribution in [0.4, 0.5) is 5.82 Å². The molecule has 3 aromatic heterocycles. The number of rotatable bonds is 3. The minimum atomic E-state index is 0.451. The van der Waals surface area contributed by atoms with E-state index >= 15 is 0 Å². The molecule has 7 heteroatoms. The Kier molecular flexibility index (Phi) is 4.77. The maximum Gasteiger partial charge on any atom is 0.132 e. The second-order valence-electron chi connectivity index (χ2n) is 7.38. The molecule has 0 atom stereocenters. The van der Waals surface area contributed by atoms with Crippen molar-refractivity contribution in [3.8, 4) is 22.4 Å². The summed E-state index contributed by atoms with van der Waals surface area (Å²) < 4.78 is 3.11. The van der Waals surface area contributed by atoms with E-state index in [4.69, 9.17) is 5.73 Å². The van der Waals surface area contributed by atoms with Crippen molar-refractivity contribution >= 4 is 32.5 Å². The molecule has 146 valence electrons. The average Bonchev–Trinajstić information content (AvgIpc) is 3.25. The first-order chi connectivity index (χ1) is 14.2. The van der Waals surface area contributed by atoms with E-state index in [-0.39, 0.29) is 0 Å². The van der Waals surface area contributed by atoms with Crippen LogP contribution in [-0.2, 0) is 0 Å². The van der Waals surface area contributed by atoms with Crippen LogP contribution >= 0.6 is 15.9 Å². The summed E-state index contributed by atoms with van der Waals surface area (Å²) in [5.41, 5.74) is 9.89. The van der Waals surface area contributed by atoms with Crippen LogP contribution in [-0.4, -0.2) is 32.8 Å². The zero-order valence-corrected chi connectivity index (χ0v) is 17.4. The number of pyridine rings is 2. The number of halogens is 1. The molecule has 0 spiro atoms. The van der Waals surface area contributed by atoms with Crippen LogP contribution in [0, 0.1) is 0 Å². The van der Waals surface area contributed by atoms with Gasteiger partial charge in [-0.05, 0) is 49.5 Å². The zero-order chi connectivity index (χ0) is 19.8. The number of anilines is 1. The molecule has 4 heterocycles. The van der Waals surface area contributed by atoms with Gasteiger partial charge in [-0.1, -0.05) is 28.1 Å². The van der Waals surface area contributed by atoms with Gasteiger partial charge < -0.3 is 11.1 Å². The molecule has 0 aliphatic carbocycles. The number of fused-ring (bicyclic) bond motifs is 1. The summed E-state index contributed by atoms with van der Waals surface area (Å²) in [5.74, 6) is 0.473. The van der Waals surface area contributed by atoms with Crippen molar-refractivity contribution in [2.75, 3.05) is 18.8 Å². The first-order valence-electron chi connectivity index (χ1n) is 9.74. The van der Waals surface area contributed by atoms with Gasteiger partial charge in [0.1, 0.15) is 5.82 Å². The van der Waals surface area contributed by atoms with Gasteiger partial charge in [0.2, 0.25) is 0 Å². The molecule has 1 saturated heterocycles. The molecular weight excluding hydrogens is 428 g/mol. The molecule has 1 aliphatic rings. The average molecular weight is 449 g/mol. The monoisotopic (exact) mass is 448 g/mol. The lowest BCUT2D eigenvalue weighted by Gasteiger charge is -2.22. The molecule has 1 fully saturated rings. The van der Waals surface area contributed by atoms with E-state index in [1.807, 2.05) is 24.5 Å². The van der Waals surface area contributed by atoms with Gasteiger partial charge in [0.15, 0.2) is 0 Å². The Morgan fingerprint density at radius 3 is 2.76 bits per heavy atom. The van der Waals surface area contributed by atoms with E-state index in [1.165, 1.54) is 0 Å². The SMILES string of the molecule is Nc1ncc(-c2cnn(C3CCNCC3)c2)cc1-c1cc2cccc(Br)c2cn1. The number of hydrogen-bond acceptors (Lipinski definition) is 5. The number of nitrogens with zero attached hydrogens (tertiary/aromatic N) is 4. The normalized spacial score (nSPS) is 15.1. The van der Waals surface area contributed by atoms with Crippen molar-refractivity contribution < 1.29 is 0 Å². The molecule has 5 rings (SSSR count). The number of nitrogens with one attached hydrogen (secondary N) is 1. The molecule has 0 radical (unpaired) electrons. The fourth-order valence-electron chi connectivity index (χ4n) is 3.88. The van der Waals surface area contributed by atoms with Crippen molar-refractivity contribution in [2.24, 2.45) is 0 Å². The van der Waals surface area contributed by atoms with E-state index in [0.717, 1.165) is 63.6 Å². The van der Waals surface area contributed by atoms with E-state index < -0.39 is 0 Å². The van der Waals surface area contributed by atoms with Crippen molar-refractivity contribution in [3.05, 3.63) is 59.6 Å². The van der Waals surface area contributed by atoms with Gasteiger partial charge in [0, 0.05) is 45.1 Å². The topological polar surface area (TPSA) is 81.6 Å². The summed E-state index contributed by atoms with van der Waals surface area (Å²) in [6, 6.07) is 10.7. The highest BCUT2D eigenvalue weighted by Crippen LogP contribution is 2.32. The highest BCUT2D eigenvalue weighted by atomic mass is 79.9. The lowest BCUT2D eigenvalue weighted by atomic mass is 10.0. The third kappa shape index (κ3) is 3.52. The fourth-order valence-corrected chi connectivity index (χ4v) is 4.36. The minimum absolute atomic E-state index is 0.451. The van der Waals surface area contributed by atoms with Crippen LogP contribution in [0.3, 0.4) is 0 Å². The lowest BCUT2D eigenvalue weighted by Crippen LogP contribution is -2.29. The molecule has 0 amide bonds. The van der Waals surface area contributed by atoms with Crippen LogP contribution in [0.5, 0.6) is 0 Å². The van der Waals surface area contributed by atoms with Gasteiger partial charge in [-0.15, -0.1) is 0 Å². The summed E-state index contributed by atoms with van der Waals surface area (Å²) in [5, 5.41) is 10.2. The first kappa shape index (κ1) is 18.3. The second-order valence-corrected chi connectivity index (χ2v) is 8.23. The van der Waals surface area contributed by atoms with Crippen molar-refractivity contribution in [1.82, 2.24) is 25.1 Å². The molecular formula is C22H21BrN6. The summed E-state index contributed by atoms with van der Waals surface area (Å²) in [7, 11) is 0. The zero-order valence-electron chi connectivity index (χ0n) is 15.8. The number of hydrogen-bond donors (Lipinski definition) is 2. The Morgan fingerprint density at radius 2 is 1.90 bits per heavy atom. The Morgan fingerprint density at radius 1 is 1.03 bits per heavy atom. The van der Waals surface area contributed by atoms with E-state index in [9.17, 15) is 0 Å². The van der Waals surface area contributed by atoms with Crippen molar-refractivity contribution in [3.63, 3.8) is 0 Å². The van der Waals surface area contributed by atoms with E-state index in [0.29, 0.717) is 11.9 Å². The highest BCUT2D eigenvalue weighted by molar-refractivity contribution is 9.10. The Hall–Kier alpha value is -2.77. The Labute approximate surface area is 177 Å². The molecule has 1 aromatic carbocycles. The molecule has 1 aliphatic heterocycles. The maximum absolute atomic E-state index is 6.21. The molecule has 29 heavy (non-hydrogen) atoms. The highest BCUT2D eigenvalue weighted by Gasteiger charge is 2.17. The van der Waals surface area contributed by atoms with Gasteiger partial charge in [-0.25, -0.2) is 4.98 Å². The number of benzene rings is 1. The van der Waals surface area contributed by atoms with E-state index in [2.05, 4.69) is 65.4 Å². The Bertz CT molecular complexity index is 1180. The smallest absolute Gasteiger partial charge is 0.132 e. The molecule has 0 unspecified atom stereocenters. The Balaban J connectivity index is 1.52. The van der Waals surface area contributed by atoms with Crippen LogP contribution < -0.4 is 11.1 Å². The minimum Gasteiger partial charge on any atom is -0.383 e. The summed E-state index contributed by atoms with van der Waals surface area (Å²) in [6.45, 7) is 2.08. The van der Waals surface area contributed by atoms with Crippen LogP contribution in [0.25, 0.3) is 33.2 Å². The van der Waals surface area contributed by atoms with Crippen molar-refractivity contribution in [1.29, 1.82) is 0 Å². The van der Waals surface area contributed by atoms with Gasteiger partial charge in [0.05, 0.1) is 17.9 Å². The summed E-state index contributed by atoms with van der Waals surface area (Å²) in [6.07, 6.45) is 9.89. The second kappa shape index (κ2) is 7.57. The van der Waals surface area contributed by atoms with Gasteiger partial charge in [-0.2, -0.15) is 5.10 Å². The number of nitrogens with two attached hydrogens (primary N) is 1. The predicted molar refractivity (Wildman–Crippen MR) is 119 cm³/mol. The number of aromatic nitrogens is 4. The predicted octanol–water partition coefficient (Wildman–Crippen LogP) is 4.43. The van der Waals surface area contributed by atoms with Crippen LogP contribution in [0.1, 0.15) is 18.9 Å². The standard InChI is InChI=1S/C22H21BrN6/c23-20-3-1-2-14-9-21(26-12-19(14)20)18-8-15(10-27-22(18)24)16-11-28-29(13-16)17-4-6-25-7-5-17/h1-3,8-13,17,25H,4-7H2,(H2,24,27). The quantitative estimate of drug-likeness (QED) is 0.484. The van der Waals surface area contributed by atoms with Gasteiger partial charge in [0.25, 0.3) is 0 Å². The number of piperidine rings is 1. The van der Waals surface area contributed by atoms with E-state index in [1.54, 1.807) is 6.20 Å². The van der Waals surface area contributed by atoms with Crippen molar-refractivity contribution in [2.45, 2.75) is 18.9 Å². The summed E-state index contributed by atoms with van der Waals surface area (Å²) >= 11 is 3.58. The molecule has 6 nitrogen and oxygen atoms in total. The largest absolute Gasteiger partial charge is 0.383 e. The number of nitrogen functional groups attached to an aromatic ring is 1. The third-order valence-electron chi connectivity index (χ3n) is 5.52. The fraction of sp³-hybridized carbons (Fsp3) is 0.227. The molecule has 0 bridgehead atoms. The third-order valence-corrected chi connectivity index (χ3v) is 6.22. The van der Waals surface area contributed by atoms with Gasteiger partial charge in [-0.3, -0.25) is 9.67 Å². The van der Waals surface area contributed by atoms with Gasteiger partial charge >= 0.3 is 0 Å². The summed E-state index contributed by atoms with van der Waals surface area (Å²) in [4.78, 5) is 9.07. The molecule has 3 N–H and O–H groups in total. The lowest BCUT2D eigenvalue weighted by molar-refractivity contribution is 0.343. The first-order valence-corrected chi connectivity index (χ1v) is 10.5. The van der Waals surface area contributed by atoms with Crippen LogP contribution in [0.15, 0.2) is 59.6 Å². The van der Waals surface area contributed by atoms with Crippen LogP contribution in [0.2, 0.25) is 0 Å².